The topological polar surface area (TPSA) is 65.5 Å². The number of hydrogen-bond donors (Lipinski definition) is 0. The molecule has 0 unspecified atom stereocenters. The van der Waals surface area contributed by atoms with Gasteiger partial charge in [0.25, 0.3) is 0 Å². The highest BCUT2D eigenvalue weighted by molar-refractivity contribution is 6.00. The number of benzene rings is 3. The van der Waals surface area contributed by atoms with Gasteiger partial charge < -0.3 is 13.6 Å². The molecule has 0 aliphatic carbocycles. The van der Waals surface area contributed by atoms with Gasteiger partial charge in [-0.1, -0.05) is 30.3 Å². The van der Waals surface area contributed by atoms with Crippen LogP contribution in [0.4, 0.5) is 0 Å². The average molecular weight is 369 g/mol. The zero-order valence-corrected chi connectivity index (χ0v) is 15.0. The lowest BCUT2D eigenvalue weighted by molar-refractivity contribution is 0.482. The zero-order valence-electron chi connectivity index (χ0n) is 15.0. The third kappa shape index (κ3) is 2.83. The highest BCUT2D eigenvalue weighted by atomic mass is 16.5. The van der Waals surface area contributed by atoms with Crippen LogP contribution in [0, 0.1) is 6.92 Å². The van der Waals surface area contributed by atoms with E-state index < -0.39 is 0 Å². The van der Waals surface area contributed by atoms with Crippen LogP contribution in [-0.4, -0.2) is 4.98 Å². The molecule has 0 bridgehead atoms. The van der Waals surface area contributed by atoms with Crippen molar-refractivity contribution < 1.29 is 13.6 Å². The first-order valence-electron chi connectivity index (χ1n) is 8.85. The number of para-hydroxylation sites is 1. The summed E-state index contributed by atoms with van der Waals surface area (Å²) in [7, 11) is 0. The molecule has 0 spiro atoms. The molecule has 0 amide bonds. The molecule has 2 aromatic heterocycles. The van der Waals surface area contributed by atoms with E-state index in [1.807, 2.05) is 54.6 Å². The summed E-state index contributed by atoms with van der Waals surface area (Å²) in [4.78, 5) is 17.1. The first kappa shape index (κ1) is 16.3. The fourth-order valence-corrected chi connectivity index (χ4v) is 3.22. The summed E-state index contributed by atoms with van der Waals surface area (Å²) in [5.41, 5.74) is 2.13. The molecule has 28 heavy (non-hydrogen) atoms. The summed E-state index contributed by atoms with van der Waals surface area (Å²) in [6, 6.07) is 22.0. The van der Waals surface area contributed by atoms with Gasteiger partial charge in [-0.2, -0.15) is 0 Å². The zero-order chi connectivity index (χ0) is 19.1. The monoisotopic (exact) mass is 369 g/mol. The number of nitrogens with zero attached hydrogens (tertiary/aromatic N) is 1. The maximum Gasteiger partial charge on any atom is 0.197 e. The first-order chi connectivity index (χ1) is 13.7. The van der Waals surface area contributed by atoms with Crippen molar-refractivity contribution in [3.05, 3.63) is 88.9 Å². The minimum atomic E-state index is -0.174. The Hall–Kier alpha value is -3.86. The summed E-state index contributed by atoms with van der Waals surface area (Å²) in [5, 5.41) is 0.401. The molecule has 0 radical (unpaired) electrons. The predicted octanol–water partition coefficient (Wildman–Crippen LogP) is 5.70. The van der Waals surface area contributed by atoms with Crippen molar-refractivity contribution in [1.29, 1.82) is 0 Å². The Balaban J connectivity index is 1.60. The van der Waals surface area contributed by atoms with E-state index in [9.17, 15) is 4.79 Å². The number of oxazole rings is 1. The molecule has 0 fully saturated rings. The SMILES string of the molecule is Cc1nc2ccc3oc(-c4cccc(Oc5ccccc5)c4)cc(=O)c3c2o1. The normalized spacial score (nSPS) is 11.2. The fourth-order valence-electron chi connectivity index (χ4n) is 3.22. The van der Waals surface area contributed by atoms with E-state index in [4.69, 9.17) is 13.6 Å². The van der Waals surface area contributed by atoms with Crippen molar-refractivity contribution in [2.24, 2.45) is 0 Å². The quantitative estimate of drug-likeness (QED) is 0.408. The minimum Gasteiger partial charge on any atom is -0.457 e. The molecule has 2 heterocycles. The standard InChI is InChI=1S/C23H15NO4/c1-14-24-18-10-11-20-22(23(18)26-14)19(25)13-21(28-20)15-6-5-9-17(12-15)27-16-7-3-2-4-8-16/h2-13H,1H3. The second-order valence-electron chi connectivity index (χ2n) is 6.44. The third-order valence-corrected chi connectivity index (χ3v) is 4.45. The second kappa shape index (κ2) is 6.39. The molecule has 0 saturated carbocycles. The molecule has 5 aromatic rings. The van der Waals surface area contributed by atoms with Gasteiger partial charge in [-0.05, 0) is 36.4 Å². The van der Waals surface area contributed by atoms with Crippen LogP contribution in [0.5, 0.6) is 11.5 Å². The fraction of sp³-hybridized carbons (Fsp3) is 0.0435. The van der Waals surface area contributed by atoms with Gasteiger partial charge in [-0.3, -0.25) is 4.79 Å². The Kier molecular flexibility index (Phi) is 3.72. The lowest BCUT2D eigenvalue weighted by Crippen LogP contribution is -2.00. The molecule has 0 N–H and O–H groups in total. The van der Waals surface area contributed by atoms with E-state index in [1.165, 1.54) is 6.07 Å². The van der Waals surface area contributed by atoms with Crippen molar-refractivity contribution in [3.8, 4) is 22.8 Å². The molecular weight excluding hydrogens is 354 g/mol. The van der Waals surface area contributed by atoms with Crippen LogP contribution in [0.25, 0.3) is 33.4 Å². The Morgan fingerprint density at radius 2 is 1.68 bits per heavy atom. The van der Waals surface area contributed by atoms with Gasteiger partial charge in [0.15, 0.2) is 16.9 Å². The van der Waals surface area contributed by atoms with Crippen LogP contribution in [-0.2, 0) is 0 Å². The largest absolute Gasteiger partial charge is 0.457 e. The summed E-state index contributed by atoms with van der Waals surface area (Å²) >= 11 is 0. The predicted molar refractivity (Wildman–Crippen MR) is 107 cm³/mol. The van der Waals surface area contributed by atoms with Crippen molar-refractivity contribution >= 4 is 22.1 Å². The number of hydrogen-bond acceptors (Lipinski definition) is 5. The Bertz CT molecular complexity index is 1370. The van der Waals surface area contributed by atoms with E-state index in [0.29, 0.717) is 39.5 Å². The van der Waals surface area contributed by atoms with Crippen molar-refractivity contribution in [3.63, 3.8) is 0 Å². The lowest BCUT2D eigenvalue weighted by Gasteiger charge is -2.08. The van der Waals surface area contributed by atoms with E-state index >= 15 is 0 Å². The molecule has 0 saturated heterocycles. The van der Waals surface area contributed by atoms with Gasteiger partial charge in [0.05, 0.1) is 0 Å². The Morgan fingerprint density at radius 3 is 2.54 bits per heavy atom. The molecule has 0 aliphatic rings. The maximum absolute atomic E-state index is 12.8. The molecular formula is C23H15NO4. The van der Waals surface area contributed by atoms with Crippen LogP contribution in [0.15, 0.2) is 86.4 Å². The number of aryl methyl sites for hydroxylation is 1. The Morgan fingerprint density at radius 1 is 0.857 bits per heavy atom. The van der Waals surface area contributed by atoms with E-state index in [1.54, 1.807) is 19.1 Å². The van der Waals surface area contributed by atoms with Crippen molar-refractivity contribution in [2.45, 2.75) is 6.92 Å². The maximum atomic E-state index is 12.8. The number of ether oxygens (including phenoxy) is 1. The number of rotatable bonds is 3. The molecule has 5 rings (SSSR count). The smallest absolute Gasteiger partial charge is 0.197 e. The first-order valence-corrected chi connectivity index (χ1v) is 8.85. The molecule has 136 valence electrons. The Labute approximate surface area is 159 Å². The third-order valence-electron chi connectivity index (χ3n) is 4.45. The minimum absolute atomic E-state index is 0.174. The number of aromatic nitrogens is 1. The van der Waals surface area contributed by atoms with Crippen molar-refractivity contribution in [1.82, 2.24) is 4.98 Å². The highest BCUT2D eigenvalue weighted by Gasteiger charge is 2.14. The highest BCUT2D eigenvalue weighted by Crippen LogP contribution is 2.30. The lowest BCUT2D eigenvalue weighted by atomic mass is 10.1. The second-order valence-corrected chi connectivity index (χ2v) is 6.44. The summed E-state index contributed by atoms with van der Waals surface area (Å²) in [5.74, 6) is 2.37. The molecule has 5 nitrogen and oxygen atoms in total. The average Bonchev–Trinajstić information content (AvgIpc) is 3.09. The summed E-state index contributed by atoms with van der Waals surface area (Å²) in [6.45, 7) is 1.75. The molecule has 0 atom stereocenters. The van der Waals surface area contributed by atoms with Crippen LogP contribution in [0.3, 0.4) is 0 Å². The van der Waals surface area contributed by atoms with E-state index in [0.717, 1.165) is 11.3 Å². The molecule has 5 heteroatoms. The van der Waals surface area contributed by atoms with Gasteiger partial charge in [0.2, 0.25) is 0 Å². The van der Waals surface area contributed by atoms with Crippen LogP contribution in [0.2, 0.25) is 0 Å². The molecule has 0 aliphatic heterocycles. The number of fused-ring (bicyclic) bond motifs is 3. The van der Waals surface area contributed by atoms with Crippen LogP contribution in [0.1, 0.15) is 5.89 Å². The van der Waals surface area contributed by atoms with Gasteiger partial charge in [0.1, 0.15) is 33.7 Å². The van der Waals surface area contributed by atoms with E-state index in [-0.39, 0.29) is 5.43 Å². The van der Waals surface area contributed by atoms with Crippen molar-refractivity contribution in [2.75, 3.05) is 0 Å². The van der Waals surface area contributed by atoms with Gasteiger partial charge in [-0.15, -0.1) is 0 Å². The van der Waals surface area contributed by atoms with E-state index in [2.05, 4.69) is 4.98 Å². The van der Waals surface area contributed by atoms with Crippen LogP contribution >= 0.6 is 0 Å². The van der Waals surface area contributed by atoms with Gasteiger partial charge in [0, 0.05) is 18.6 Å². The summed E-state index contributed by atoms with van der Waals surface area (Å²) < 4.78 is 17.5. The van der Waals surface area contributed by atoms with Gasteiger partial charge >= 0.3 is 0 Å². The van der Waals surface area contributed by atoms with Crippen LogP contribution < -0.4 is 10.2 Å². The van der Waals surface area contributed by atoms with Gasteiger partial charge in [-0.25, -0.2) is 4.98 Å². The molecule has 3 aromatic carbocycles. The summed E-state index contributed by atoms with van der Waals surface area (Å²) in [6.07, 6.45) is 0.